The molecule has 6 rings (SSSR count). The molecule has 3 fully saturated rings. The molecule has 3 heterocycles. The van der Waals surface area contributed by atoms with Gasteiger partial charge in [-0.05, 0) is 81.0 Å². The van der Waals surface area contributed by atoms with Crippen LogP contribution in [0.2, 0.25) is 0 Å². The fourth-order valence-corrected chi connectivity index (χ4v) is 5.74. The summed E-state index contributed by atoms with van der Waals surface area (Å²) in [4.78, 5) is 11.1. The number of anilines is 2. The van der Waals surface area contributed by atoms with E-state index in [-0.39, 0.29) is 11.6 Å². The molecule has 2 saturated carbocycles. The van der Waals surface area contributed by atoms with Crippen molar-refractivity contribution in [3.63, 3.8) is 0 Å². The molecule has 2 aromatic heterocycles. The lowest BCUT2D eigenvalue weighted by Gasteiger charge is -2.35. The summed E-state index contributed by atoms with van der Waals surface area (Å²) in [5.74, 6) is 0.796. The number of aliphatic hydroxyl groups excluding tert-OH is 1. The van der Waals surface area contributed by atoms with E-state index >= 15 is 0 Å². The van der Waals surface area contributed by atoms with Crippen LogP contribution in [0.3, 0.4) is 0 Å². The van der Waals surface area contributed by atoms with E-state index in [2.05, 4.69) is 29.8 Å². The lowest BCUT2D eigenvalue weighted by Crippen LogP contribution is -2.34. The summed E-state index contributed by atoms with van der Waals surface area (Å²) in [7, 11) is -3.66. The van der Waals surface area contributed by atoms with E-state index in [9.17, 15) is 8.42 Å². The molecule has 3 aromatic rings. The summed E-state index contributed by atoms with van der Waals surface area (Å²) in [6, 6.07) is 7.34. The second-order valence-electron chi connectivity index (χ2n) is 10.7. The minimum Gasteiger partial charge on any atom is -0.463 e. The molecule has 38 heavy (non-hydrogen) atoms. The number of nitrogens with one attached hydrogen (secondary N) is 1. The van der Waals surface area contributed by atoms with Crippen molar-refractivity contribution < 1.29 is 22.7 Å². The second kappa shape index (κ2) is 9.81. The number of hydrogen-bond donors (Lipinski definition) is 2. The minimum atomic E-state index is -3.66. The molecule has 0 bridgehead atoms. The quantitative estimate of drug-likeness (QED) is 0.393. The number of ether oxygens (including phenoxy) is 1. The number of rotatable bonds is 10. The van der Waals surface area contributed by atoms with Gasteiger partial charge in [-0.25, -0.2) is 13.4 Å². The van der Waals surface area contributed by atoms with Crippen molar-refractivity contribution in [2.75, 3.05) is 41.7 Å². The number of aryl methyl sites for hydroxylation is 1. The van der Waals surface area contributed by atoms with Gasteiger partial charge < -0.3 is 19.2 Å². The van der Waals surface area contributed by atoms with Crippen molar-refractivity contribution in [2.45, 2.75) is 45.4 Å². The van der Waals surface area contributed by atoms with Crippen LogP contribution in [0.4, 0.5) is 11.4 Å². The van der Waals surface area contributed by atoms with E-state index < -0.39 is 16.6 Å². The third-order valence-corrected chi connectivity index (χ3v) is 8.87. The van der Waals surface area contributed by atoms with Gasteiger partial charge in [0.15, 0.2) is 0 Å². The Morgan fingerprint density at radius 3 is 2.58 bits per heavy atom. The third kappa shape index (κ3) is 5.60. The fourth-order valence-electron chi connectivity index (χ4n) is 4.92. The van der Waals surface area contributed by atoms with Gasteiger partial charge in [0, 0.05) is 18.8 Å². The molecule has 0 atom stereocenters. The molecule has 2 aliphatic carbocycles. The topological polar surface area (TPSA) is 144 Å². The average molecular weight is 541 g/mol. The van der Waals surface area contributed by atoms with Crippen LogP contribution in [0.25, 0.3) is 23.0 Å². The number of piperidine rings is 1. The van der Waals surface area contributed by atoms with E-state index in [0.717, 1.165) is 42.9 Å². The Balaban J connectivity index is 1.30. The van der Waals surface area contributed by atoms with Crippen molar-refractivity contribution in [1.29, 1.82) is 0 Å². The number of aromatic nitrogens is 4. The molecule has 0 amide bonds. The second-order valence-corrected chi connectivity index (χ2v) is 12.5. The molecular formula is C26H32N6O5S. The maximum absolute atomic E-state index is 12.3. The highest BCUT2D eigenvalue weighted by Gasteiger charge is 2.44. The Hall–Kier alpha value is -3.25. The van der Waals surface area contributed by atoms with Crippen molar-refractivity contribution in [3.8, 4) is 29.0 Å². The van der Waals surface area contributed by atoms with Crippen LogP contribution in [0.5, 0.6) is 6.01 Å². The van der Waals surface area contributed by atoms with Gasteiger partial charge in [-0.15, -0.1) is 10.2 Å². The van der Waals surface area contributed by atoms with Gasteiger partial charge in [-0.1, -0.05) is 0 Å². The Morgan fingerprint density at radius 1 is 1.11 bits per heavy atom. The molecule has 12 heteroatoms. The standard InChI is InChI=1S/C26H32N6O5S/c1-17-14-21(28-25(27-17)36-16-18-2-3-18)24-30-29-23(37-24)20-5-4-19(31-38(34,35)13-12-33)15-22(20)32-10-8-26(6-7-26)9-11-32/h4-5,14-15,18,31,33H,2-3,6-13,16H2,1H3. The normalized spacial score (nSPS) is 18.5. The first-order valence-corrected chi connectivity index (χ1v) is 14.8. The molecule has 0 unspecified atom stereocenters. The summed E-state index contributed by atoms with van der Waals surface area (Å²) in [6.45, 7) is 3.76. The van der Waals surface area contributed by atoms with Gasteiger partial charge in [0.25, 0.3) is 5.89 Å². The lowest BCUT2D eigenvalue weighted by molar-refractivity contribution is 0.276. The van der Waals surface area contributed by atoms with Gasteiger partial charge in [0.2, 0.25) is 15.9 Å². The van der Waals surface area contributed by atoms with Crippen LogP contribution in [0.1, 0.15) is 44.2 Å². The number of aliphatic hydroxyl groups is 1. The predicted octanol–water partition coefficient (Wildman–Crippen LogP) is 3.41. The number of benzene rings is 1. The first-order valence-electron chi connectivity index (χ1n) is 13.1. The van der Waals surface area contributed by atoms with Crippen LogP contribution in [0.15, 0.2) is 28.7 Å². The lowest BCUT2D eigenvalue weighted by atomic mass is 9.93. The monoisotopic (exact) mass is 540 g/mol. The zero-order valence-electron chi connectivity index (χ0n) is 21.4. The minimum absolute atomic E-state index is 0.260. The maximum atomic E-state index is 12.3. The zero-order valence-corrected chi connectivity index (χ0v) is 22.2. The molecule has 1 spiro atoms. The van der Waals surface area contributed by atoms with Crippen molar-refractivity contribution in [1.82, 2.24) is 20.2 Å². The summed E-state index contributed by atoms with van der Waals surface area (Å²) in [5, 5.41) is 17.7. The van der Waals surface area contributed by atoms with E-state index in [0.29, 0.717) is 41.2 Å². The SMILES string of the molecule is Cc1cc(-c2nnc(-c3ccc(NS(=O)(=O)CCO)cc3N3CCC4(CC3)CC4)o2)nc(OCC2CC2)n1. The largest absolute Gasteiger partial charge is 0.463 e. The summed E-state index contributed by atoms with van der Waals surface area (Å²) in [5.41, 5.74) is 3.68. The van der Waals surface area contributed by atoms with Gasteiger partial charge in [-0.3, -0.25) is 4.72 Å². The van der Waals surface area contributed by atoms with Crippen LogP contribution >= 0.6 is 0 Å². The molecule has 1 aromatic carbocycles. The summed E-state index contributed by atoms with van der Waals surface area (Å²) < 4.78 is 39.0. The van der Waals surface area contributed by atoms with Crippen LogP contribution in [0, 0.1) is 18.3 Å². The number of hydrogen-bond acceptors (Lipinski definition) is 10. The van der Waals surface area contributed by atoms with Crippen LogP contribution in [-0.2, 0) is 10.0 Å². The average Bonchev–Trinajstić information content (AvgIpc) is 3.81. The third-order valence-electron chi connectivity index (χ3n) is 7.61. The molecule has 0 radical (unpaired) electrons. The van der Waals surface area contributed by atoms with Crippen LogP contribution < -0.4 is 14.4 Å². The highest BCUT2D eigenvalue weighted by molar-refractivity contribution is 7.92. The van der Waals surface area contributed by atoms with Gasteiger partial charge >= 0.3 is 6.01 Å². The van der Waals surface area contributed by atoms with E-state index in [1.807, 2.05) is 6.92 Å². The molecule has 1 saturated heterocycles. The maximum Gasteiger partial charge on any atom is 0.317 e. The van der Waals surface area contributed by atoms with Gasteiger partial charge in [0.05, 0.1) is 35.9 Å². The van der Waals surface area contributed by atoms with Crippen molar-refractivity contribution in [2.24, 2.45) is 11.3 Å². The zero-order chi connectivity index (χ0) is 26.3. The highest BCUT2D eigenvalue weighted by atomic mass is 32.2. The van der Waals surface area contributed by atoms with Crippen molar-refractivity contribution >= 4 is 21.4 Å². The summed E-state index contributed by atoms with van der Waals surface area (Å²) >= 11 is 0. The summed E-state index contributed by atoms with van der Waals surface area (Å²) in [6.07, 6.45) is 7.12. The Kier molecular flexibility index (Phi) is 6.47. The Labute approximate surface area is 221 Å². The Morgan fingerprint density at radius 2 is 1.87 bits per heavy atom. The number of sulfonamides is 1. The smallest absolute Gasteiger partial charge is 0.317 e. The fraction of sp³-hybridized carbons (Fsp3) is 0.538. The molecule has 202 valence electrons. The van der Waals surface area contributed by atoms with E-state index in [1.165, 1.54) is 25.7 Å². The number of nitrogens with zero attached hydrogens (tertiary/aromatic N) is 5. The first-order chi connectivity index (χ1) is 18.3. The Bertz CT molecular complexity index is 1420. The van der Waals surface area contributed by atoms with Crippen LogP contribution in [-0.4, -0.2) is 65.7 Å². The molecule has 1 aliphatic heterocycles. The van der Waals surface area contributed by atoms with E-state index in [1.54, 1.807) is 24.3 Å². The van der Waals surface area contributed by atoms with Gasteiger partial charge in [-0.2, -0.15) is 4.98 Å². The van der Waals surface area contributed by atoms with Crippen molar-refractivity contribution in [3.05, 3.63) is 30.0 Å². The molecular weight excluding hydrogens is 508 g/mol. The van der Waals surface area contributed by atoms with E-state index in [4.69, 9.17) is 14.3 Å². The molecule has 11 nitrogen and oxygen atoms in total. The predicted molar refractivity (Wildman–Crippen MR) is 141 cm³/mol. The molecule has 3 aliphatic rings. The highest BCUT2D eigenvalue weighted by Crippen LogP contribution is 2.54. The first kappa shape index (κ1) is 25.1. The molecule has 2 N–H and O–H groups in total. The van der Waals surface area contributed by atoms with Gasteiger partial charge in [0.1, 0.15) is 5.69 Å².